The third-order valence-electron chi connectivity index (χ3n) is 4.86. The molecule has 1 atom stereocenters. The van der Waals surface area contributed by atoms with E-state index in [0.717, 1.165) is 38.1 Å². The van der Waals surface area contributed by atoms with Crippen molar-refractivity contribution < 1.29 is 9.90 Å². The summed E-state index contributed by atoms with van der Waals surface area (Å²) in [5, 5.41) is 12.6. The van der Waals surface area contributed by atoms with E-state index in [1.165, 1.54) is 25.7 Å². The Bertz CT molecular complexity index is 268. The standard InChI is InChI=1S/C15H27NO2/c1-11(9-12-3-2-4-12)16-10-13-5-7-14(8-6-13)15(17)18/h11-14,16H,2-10H2,1H3,(H,17,18). The Balaban J connectivity index is 1.58. The first-order valence-electron chi connectivity index (χ1n) is 7.61. The molecule has 0 aromatic carbocycles. The molecule has 2 N–H and O–H groups in total. The highest BCUT2D eigenvalue weighted by Gasteiger charge is 2.26. The molecular weight excluding hydrogens is 226 g/mol. The first kappa shape index (κ1) is 13.9. The summed E-state index contributed by atoms with van der Waals surface area (Å²) in [7, 11) is 0. The zero-order chi connectivity index (χ0) is 13.0. The molecule has 0 bridgehead atoms. The van der Waals surface area contributed by atoms with Crippen LogP contribution in [0.15, 0.2) is 0 Å². The minimum atomic E-state index is -0.597. The van der Waals surface area contributed by atoms with Gasteiger partial charge >= 0.3 is 5.97 Å². The van der Waals surface area contributed by atoms with E-state index in [-0.39, 0.29) is 5.92 Å². The minimum absolute atomic E-state index is 0.0753. The molecule has 104 valence electrons. The molecule has 2 saturated carbocycles. The molecule has 0 radical (unpaired) electrons. The van der Waals surface area contributed by atoms with Gasteiger partial charge in [0.1, 0.15) is 0 Å². The van der Waals surface area contributed by atoms with Crippen LogP contribution in [0.25, 0.3) is 0 Å². The predicted molar refractivity (Wildman–Crippen MR) is 72.5 cm³/mol. The number of carboxylic acid groups (broad SMARTS) is 1. The first-order valence-corrected chi connectivity index (χ1v) is 7.61. The van der Waals surface area contributed by atoms with Crippen molar-refractivity contribution >= 4 is 5.97 Å². The molecule has 0 saturated heterocycles. The Labute approximate surface area is 110 Å². The second-order valence-corrected chi connectivity index (χ2v) is 6.40. The van der Waals surface area contributed by atoms with Gasteiger partial charge in [0.25, 0.3) is 0 Å². The highest BCUT2D eigenvalue weighted by molar-refractivity contribution is 5.69. The van der Waals surface area contributed by atoms with Crippen molar-refractivity contribution in [3.8, 4) is 0 Å². The van der Waals surface area contributed by atoms with Gasteiger partial charge in [0.05, 0.1) is 5.92 Å². The second-order valence-electron chi connectivity index (χ2n) is 6.40. The van der Waals surface area contributed by atoms with E-state index in [9.17, 15) is 4.79 Å². The van der Waals surface area contributed by atoms with Crippen LogP contribution in [0.2, 0.25) is 0 Å². The van der Waals surface area contributed by atoms with Gasteiger partial charge < -0.3 is 10.4 Å². The molecule has 0 aliphatic heterocycles. The summed E-state index contributed by atoms with van der Waals surface area (Å²) in [4.78, 5) is 10.9. The summed E-state index contributed by atoms with van der Waals surface area (Å²) in [5.41, 5.74) is 0. The Kier molecular flexibility index (Phi) is 5.04. The molecule has 0 aromatic rings. The van der Waals surface area contributed by atoms with Gasteiger partial charge in [-0.3, -0.25) is 4.79 Å². The highest BCUT2D eigenvalue weighted by atomic mass is 16.4. The van der Waals surface area contributed by atoms with Gasteiger partial charge in [0, 0.05) is 6.04 Å². The summed E-state index contributed by atoms with van der Waals surface area (Å²) >= 11 is 0. The molecule has 0 aromatic heterocycles. The third kappa shape index (κ3) is 3.98. The smallest absolute Gasteiger partial charge is 0.306 e. The monoisotopic (exact) mass is 253 g/mol. The van der Waals surface area contributed by atoms with Crippen LogP contribution in [0.3, 0.4) is 0 Å². The van der Waals surface area contributed by atoms with E-state index >= 15 is 0 Å². The average Bonchev–Trinajstić information content (AvgIpc) is 2.32. The van der Waals surface area contributed by atoms with Crippen LogP contribution in [-0.4, -0.2) is 23.7 Å². The molecule has 3 heteroatoms. The second kappa shape index (κ2) is 6.55. The maximum Gasteiger partial charge on any atom is 0.306 e. The lowest BCUT2D eigenvalue weighted by atomic mass is 9.80. The van der Waals surface area contributed by atoms with Crippen molar-refractivity contribution in [3.63, 3.8) is 0 Å². The third-order valence-corrected chi connectivity index (χ3v) is 4.86. The highest BCUT2D eigenvalue weighted by Crippen LogP contribution is 2.31. The lowest BCUT2D eigenvalue weighted by molar-refractivity contribution is -0.143. The SMILES string of the molecule is CC(CC1CCC1)NCC1CCC(C(=O)O)CC1. The van der Waals surface area contributed by atoms with Crippen LogP contribution < -0.4 is 5.32 Å². The minimum Gasteiger partial charge on any atom is -0.481 e. The van der Waals surface area contributed by atoms with Gasteiger partial charge in [-0.1, -0.05) is 19.3 Å². The molecule has 18 heavy (non-hydrogen) atoms. The maximum atomic E-state index is 10.9. The van der Waals surface area contributed by atoms with Gasteiger partial charge in [0.2, 0.25) is 0 Å². The Morgan fingerprint density at radius 1 is 1.17 bits per heavy atom. The van der Waals surface area contributed by atoms with Crippen LogP contribution in [0, 0.1) is 17.8 Å². The normalized spacial score (nSPS) is 30.7. The lowest BCUT2D eigenvalue weighted by Crippen LogP contribution is -2.35. The number of carboxylic acids is 1. The Hall–Kier alpha value is -0.570. The summed E-state index contributed by atoms with van der Waals surface area (Å²) in [6, 6.07) is 0.632. The van der Waals surface area contributed by atoms with E-state index < -0.39 is 5.97 Å². The van der Waals surface area contributed by atoms with Crippen molar-refractivity contribution in [3.05, 3.63) is 0 Å². The van der Waals surface area contributed by atoms with Crippen LogP contribution >= 0.6 is 0 Å². The average molecular weight is 253 g/mol. The summed E-state index contributed by atoms with van der Waals surface area (Å²) in [6.07, 6.45) is 9.52. The quantitative estimate of drug-likeness (QED) is 0.765. The summed E-state index contributed by atoms with van der Waals surface area (Å²) in [6.45, 7) is 3.38. The van der Waals surface area contributed by atoms with Crippen molar-refractivity contribution in [2.75, 3.05) is 6.54 Å². The molecule has 2 rings (SSSR count). The number of hydrogen-bond acceptors (Lipinski definition) is 2. The van der Waals surface area contributed by atoms with Gasteiger partial charge in [-0.25, -0.2) is 0 Å². The first-order chi connectivity index (χ1) is 8.65. The van der Waals surface area contributed by atoms with E-state index in [4.69, 9.17) is 5.11 Å². The number of hydrogen-bond donors (Lipinski definition) is 2. The van der Waals surface area contributed by atoms with Crippen LogP contribution in [0.1, 0.15) is 58.3 Å². The van der Waals surface area contributed by atoms with E-state index in [0.29, 0.717) is 12.0 Å². The van der Waals surface area contributed by atoms with Gasteiger partial charge in [0.15, 0.2) is 0 Å². The molecule has 0 amide bonds. The molecule has 1 unspecified atom stereocenters. The fraction of sp³-hybridized carbons (Fsp3) is 0.933. The molecule has 3 nitrogen and oxygen atoms in total. The van der Waals surface area contributed by atoms with E-state index in [2.05, 4.69) is 12.2 Å². The fourth-order valence-corrected chi connectivity index (χ4v) is 3.29. The van der Waals surface area contributed by atoms with Gasteiger partial charge in [-0.15, -0.1) is 0 Å². The predicted octanol–water partition coefficient (Wildman–Crippen LogP) is 3.05. The zero-order valence-corrected chi connectivity index (χ0v) is 11.5. The molecule has 2 aliphatic rings. The van der Waals surface area contributed by atoms with E-state index in [1.807, 2.05) is 0 Å². The van der Waals surface area contributed by atoms with Gasteiger partial charge in [-0.2, -0.15) is 0 Å². The largest absolute Gasteiger partial charge is 0.481 e. The molecule has 0 spiro atoms. The zero-order valence-electron chi connectivity index (χ0n) is 11.5. The maximum absolute atomic E-state index is 10.9. The summed E-state index contributed by atoms with van der Waals surface area (Å²) in [5.74, 6) is 0.994. The molecule has 2 aliphatic carbocycles. The molecule has 2 fully saturated rings. The van der Waals surface area contributed by atoms with Crippen LogP contribution in [-0.2, 0) is 4.79 Å². The fourth-order valence-electron chi connectivity index (χ4n) is 3.29. The van der Waals surface area contributed by atoms with Crippen molar-refractivity contribution in [1.82, 2.24) is 5.32 Å². The van der Waals surface area contributed by atoms with Crippen LogP contribution in [0.5, 0.6) is 0 Å². The topological polar surface area (TPSA) is 49.3 Å². The van der Waals surface area contributed by atoms with Crippen molar-refractivity contribution in [1.29, 1.82) is 0 Å². The molecular formula is C15H27NO2. The van der Waals surface area contributed by atoms with Crippen molar-refractivity contribution in [2.45, 2.75) is 64.3 Å². The van der Waals surface area contributed by atoms with Crippen molar-refractivity contribution in [2.24, 2.45) is 17.8 Å². The van der Waals surface area contributed by atoms with Gasteiger partial charge in [-0.05, 0) is 57.4 Å². The number of carbonyl (C=O) groups is 1. The Morgan fingerprint density at radius 3 is 2.33 bits per heavy atom. The number of nitrogens with one attached hydrogen (secondary N) is 1. The Morgan fingerprint density at radius 2 is 1.83 bits per heavy atom. The number of rotatable bonds is 6. The van der Waals surface area contributed by atoms with E-state index in [1.54, 1.807) is 0 Å². The number of aliphatic carboxylic acids is 1. The molecule has 0 heterocycles. The van der Waals surface area contributed by atoms with Crippen LogP contribution in [0.4, 0.5) is 0 Å². The summed E-state index contributed by atoms with van der Waals surface area (Å²) < 4.78 is 0. The lowest BCUT2D eigenvalue weighted by Gasteiger charge is -2.31.